The third-order valence-corrected chi connectivity index (χ3v) is 3.18. The average molecular weight is 257 g/mol. The summed E-state index contributed by atoms with van der Waals surface area (Å²) in [6.07, 6.45) is 1.57. The molecule has 0 saturated carbocycles. The number of ether oxygens (including phenoxy) is 1. The van der Waals surface area contributed by atoms with Crippen molar-refractivity contribution in [2.24, 2.45) is 11.7 Å². The third-order valence-electron chi connectivity index (χ3n) is 3.18. The molecule has 1 heterocycles. The molecule has 5 heteroatoms. The van der Waals surface area contributed by atoms with Crippen LogP contribution in [-0.2, 0) is 9.53 Å². The van der Waals surface area contributed by atoms with Gasteiger partial charge in [-0.25, -0.2) is 0 Å². The fourth-order valence-corrected chi connectivity index (χ4v) is 2.28. The standard InChI is InChI=1S/C13H27N3O2/c1-10(2)7-11(8-16(3)4)15-12(17)13(14)5-6-18-9-13/h10-11H,5-9,14H2,1-4H3,(H,15,17). The lowest BCUT2D eigenvalue weighted by atomic mass is 9.97. The van der Waals surface area contributed by atoms with Gasteiger partial charge in [-0.2, -0.15) is 0 Å². The molecule has 5 nitrogen and oxygen atoms in total. The molecule has 0 radical (unpaired) electrons. The molecule has 2 atom stereocenters. The van der Waals surface area contributed by atoms with Crippen LogP contribution in [0, 0.1) is 5.92 Å². The molecule has 1 fully saturated rings. The van der Waals surface area contributed by atoms with Gasteiger partial charge in [0.1, 0.15) is 5.54 Å². The molecule has 1 aliphatic rings. The van der Waals surface area contributed by atoms with Crippen molar-refractivity contribution in [3.8, 4) is 0 Å². The van der Waals surface area contributed by atoms with Crippen LogP contribution in [0.15, 0.2) is 0 Å². The maximum Gasteiger partial charge on any atom is 0.242 e. The molecule has 1 amide bonds. The molecule has 18 heavy (non-hydrogen) atoms. The second kappa shape index (κ2) is 6.50. The molecule has 0 spiro atoms. The summed E-state index contributed by atoms with van der Waals surface area (Å²) in [7, 11) is 4.02. The molecule has 0 aromatic rings. The van der Waals surface area contributed by atoms with E-state index < -0.39 is 5.54 Å². The minimum atomic E-state index is -0.832. The van der Waals surface area contributed by atoms with Crippen molar-refractivity contribution in [2.75, 3.05) is 33.9 Å². The summed E-state index contributed by atoms with van der Waals surface area (Å²) >= 11 is 0. The number of nitrogens with two attached hydrogens (primary N) is 1. The van der Waals surface area contributed by atoms with Gasteiger partial charge in [-0.15, -0.1) is 0 Å². The first-order valence-electron chi connectivity index (χ1n) is 6.66. The first-order valence-corrected chi connectivity index (χ1v) is 6.66. The van der Waals surface area contributed by atoms with Crippen molar-refractivity contribution < 1.29 is 9.53 Å². The van der Waals surface area contributed by atoms with E-state index in [1.807, 2.05) is 14.1 Å². The van der Waals surface area contributed by atoms with Crippen molar-refractivity contribution in [1.29, 1.82) is 0 Å². The number of rotatable bonds is 6. The Balaban J connectivity index is 2.56. The van der Waals surface area contributed by atoms with Crippen LogP contribution in [0.2, 0.25) is 0 Å². The molecule has 0 aliphatic carbocycles. The molecule has 0 aromatic carbocycles. The lowest BCUT2D eigenvalue weighted by molar-refractivity contribution is -0.127. The SMILES string of the molecule is CC(C)CC(CN(C)C)NC(=O)C1(N)CCOC1. The summed E-state index contributed by atoms with van der Waals surface area (Å²) in [5.41, 5.74) is 5.23. The smallest absolute Gasteiger partial charge is 0.242 e. The molecule has 2 unspecified atom stereocenters. The van der Waals surface area contributed by atoms with Gasteiger partial charge in [-0.3, -0.25) is 4.79 Å². The molecular weight excluding hydrogens is 230 g/mol. The molecule has 1 saturated heterocycles. The lowest BCUT2D eigenvalue weighted by Gasteiger charge is -2.28. The van der Waals surface area contributed by atoms with E-state index in [9.17, 15) is 4.79 Å². The maximum atomic E-state index is 12.2. The van der Waals surface area contributed by atoms with Crippen molar-refractivity contribution in [3.05, 3.63) is 0 Å². The van der Waals surface area contributed by atoms with Gasteiger partial charge in [0.05, 0.1) is 6.61 Å². The monoisotopic (exact) mass is 257 g/mol. The average Bonchev–Trinajstić information content (AvgIpc) is 2.64. The zero-order valence-corrected chi connectivity index (χ0v) is 12.0. The highest BCUT2D eigenvalue weighted by atomic mass is 16.5. The zero-order chi connectivity index (χ0) is 13.8. The second-order valence-corrected chi connectivity index (χ2v) is 6.02. The second-order valence-electron chi connectivity index (χ2n) is 6.02. The Morgan fingerprint density at radius 3 is 2.61 bits per heavy atom. The van der Waals surface area contributed by atoms with Crippen molar-refractivity contribution >= 4 is 5.91 Å². The Morgan fingerprint density at radius 1 is 1.50 bits per heavy atom. The number of hydrogen-bond acceptors (Lipinski definition) is 4. The van der Waals surface area contributed by atoms with Gasteiger partial charge in [0.25, 0.3) is 0 Å². The Kier molecular flexibility index (Phi) is 5.56. The van der Waals surface area contributed by atoms with Gasteiger partial charge in [-0.05, 0) is 32.9 Å². The van der Waals surface area contributed by atoms with Crippen LogP contribution in [0.25, 0.3) is 0 Å². The van der Waals surface area contributed by atoms with Gasteiger partial charge < -0.3 is 20.7 Å². The fourth-order valence-electron chi connectivity index (χ4n) is 2.28. The predicted octanol–water partition coefficient (Wildman–Crippen LogP) is 0.197. The zero-order valence-electron chi connectivity index (χ0n) is 12.0. The van der Waals surface area contributed by atoms with Crippen molar-refractivity contribution in [2.45, 2.75) is 38.3 Å². The quantitative estimate of drug-likeness (QED) is 0.713. The van der Waals surface area contributed by atoms with Gasteiger partial charge >= 0.3 is 0 Å². The van der Waals surface area contributed by atoms with Gasteiger partial charge in [0.2, 0.25) is 5.91 Å². The van der Waals surface area contributed by atoms with E-state index in [-0.39, 0.29) is 11.9 Å². The van der Waals surface area contributed by atoms with Gasteiger partial charge in [-0.1, -0.05) is 13.8 Å². The Morgan fingerprint density at radius 2 is 2.17 bits per heavy atom. The van der Waals surface area contributed by atoms with Crippen LogP contribution in [0.3, 0.4) is 0 Å². The van der Waals surface area contributed by atoms with E-state index in [0.29, 0.717) is 25.6 Å². The number of hydrogen-bond donors (Lipinski definition) is 2. The van der Waals surface area contributed by atoms with Gasteiger partial charge in [0.15, 0.2) is 0 Å². The summed E-state index contributed by atoms with van der Waals surface area (Å²) in [5.74, 6) is 0.469. The molecule has 1 rings (SSSR count). The van der Waals surface area contributed by atoms with Crippen molar-refractivity contribution in [1.82, 2.24) is 10.2 Å². The number of amides is 1. The van der Waals surface area contributed by atoms with Crippen LogP contribution in [0.1, 0.15) is 26.7 Å². The highest BCUT2D eigenvalue weighted by molar-refractivity contribution is 5.86. The van der Waals surface area contributed by atoms with Crippen molar-refractivity contribution in [3.63, 3.8) is 0 Å². The van der Waals surface area contributed by atoms with E-state index in [1.54, 1.807) is 0 Å². The van der Waals surface area contributed by atoms with Crippen LogP contribution in [0.5, 0.6) is 0 Å². The van der Waals surface area contributed by atoms with E-state index in [4.69, 9.17) is 10.5 Å². The predicted molar refractivity (Wildman–Crippen MR) is 72.3 cm³/mol. The molecule has 0 aromatic heterocycles. The summed E-state index contributed by atoms with van der Waals surface area (Å²) in [4.78, 5) is 14.3. The maximum absolute atomic E-state index is 12.2. The summed E-state index contributed by atoms with van der Waals surface area (Å²) < 4.78 is 5.23. The topological polar surface area (TPSA) is 67.6 Å². The van der Waals surface area contributed by atoms with Crippen LogP contribution < -0.4 is 11.1 Å². The number of nitrogens with one attached hydrogen (secondary N) is 1. The molecular formula is C13H27N3O2. The summed E-state index contributed by atoms with van der Waals surface area (Å²) in [5, 5.41) is 3.08. The third kappa shape index (κ3) is 4.55. The number of nitrogens with zero attached hydrogens (tertiary/aromatic N) is 1. The number of likely N-dealkylation sites (N-methyl/N-ethyl adjacent to an activating group) is 1. The molecule has 1 aliphatic heterocycles. The number of carbonyl (C=O) groups excluding carboxylic acids is 1. The van der Waals surface area contributed by atoms with E-state index in [1.165, 1.54) is 0 Å². The van der Waals surface area contributed by atoms with Gasteiger partial charge in [0, 0.05) is 19.2 Å². The minimum Gasteiger partial charge on any atom is -0.379 e. The highest BCUT2D eigenvalue weighted by Crippen LogP contribution is 2.16. The Bertz CT molecular complexity index is 263. The minimum absolute atomic E-state index is 0.0764. The van der Waals surface area contributed by atoms with Crippen LogP contribution in [-0.4, -0.2) is 56.2 Å². The van der Waals surface area contributed by atoms with E-state index in [0.717, 1.165) is 13.0 Å². The number of carbonyl (C=O) groups is 1. The first kappa shape index (κ1) is 15.4. The molecule has 106 valence electrons. The molecule has 3 N–H and O–H groups in total. The largest absolute Gasteiger partial charge is 0.379 e. The fraction of sp³-hybridized carbons (Fsp3) is 0.923. The summed E-state index contributed by atoms with van der Waals surface area (Å²) in [6.45, 7) is 6.06. The Labute approximate surface area is 110 Å². The molecule has 0 bridgehead atoms. The van der Waals surface area contributed by atoms with Crippen LogP contribution in [0.4, 0.5) is 0 Å². The Hall–Kier alpha value is -0.650. The lowest BCUT2D eigenvalue weighted by Crippen LogP contribution is -2.58. The first-order chi connectivity index (χ1) is 8.33. The normalized spacial score (nSPS) is 25.7. The van der Waals surface area contributed by atoms with Crippen LogP contribution >= 0.6 is 0 Å². The summed E-state index contributed by atoms with van der Waals surface area (Å²) in [6, 6.07) is 0.147. The van der Waals surface area contributed by atoms with E-state index >= 15 is 0 Å². The highest BCUT2D eigenvalue weighted by Gasteiger charge is 2.39. The van der Waals surface area contributed by atoms with E-state index in [2.05, 4.69) is 24.1 Å².